The SMILES string of the molecule is Cc1ccc(-c2nnc(Nc3ccccc3)c3ccccc23)cc1C. The molecule has 1 heterocycles. The first kappa shape index (κ1) is 15.3. The van der Waals surface area contributed by atoms with Gasteiger partial charge in [-0.2, -0.15) is 0 Å². The zero-order valence-electron chi connectivity index (χ0n) is 14.3. The van der Waals surface area contributed by atoms with E-state index >= 15 is 0 Å². The van der Waals surface area contributed by atoms with Crippen LogP contribution in [-0.4, -0.2) is 10.2 Å². The number of aryl methyl sites for hydroxylation is 2. The highest BCUT2D eigenvalue weighted by Gasteiger charge is 2.11. The molecule has 0 fully saturated rings. The van der Waals surface area contributed by atoms with Gasteiger partial charge in [0.2, 0.25) is 0 Å². The molecule has 0 unspecified atom stereocenters. The normalized spacial score (nSPS) is 10.8. The Morgan fingerprint density at radius 2 is 1.40 bits per heavy atom. The van der Waals surface area contributed by atoms with Gasteiger partial charge in [0.05, 0.1) is 0 Å². The number of para-hydroxylation sites is 1. The van der Waals surface area contributed by atoms with Crippen molar-refractivity contribution >= 4 is 22.3 Å². The van der Waals surface area contributed by atoms with Crippen molar-refractivity contribution in [3.63, 3.8) is 0 Å². The minimum Gasteiger partial charge on any atom is -0.338 e. The lowest BCUT2D eigenvalue weighted by atomic mass is 10.0. The Labute approximate surface area is 147 Å². The fourth-order valence-corrected chi connectivity index (χ4v) is 2.96. The zero-order valence-corrected chi connectivity index (χ0v) is 14.3. The van der Waals surface area contributed by atoms with E-state index in [2.05, 4.69) is 59.7 Å². The second-order valence-electron chi connectivity index (χ2n) is 6.23. The number of hydrogen-bond donors (Lipinski definition) is 1. The van der Waals surface area contributed by atoms with Crippen LogP contribution in [0.2, 0.25) is 0 Å². The first-order valence-corrected chi connectivity index (χ1v) is 8.37. The standard InChI is InChI=1S/C22H19N3/c1-15-12-13-17(14-16(15)2)21-19-10-6-7-11-20(19)22(25-24-21)23-18-8-4-3-5-9-18/h3-14H,1-2H3,(H,23,25). The first-order chi connectivity index (χ1) is 12.2. The van der Waals surface area contributed by atoms with Crippen molar-refractivity contribution in [3.05, 3.63) is 83.9 Å². The summed E-state index contributed by atoms with van der Waals surface area (Å²) < 4.78 is 0. The van der Waals surface area contributed by atoms with E-state index < -0.39 is 0 Å². The molecule has 0 aliphatic heterocycles. The average molecular weight is 325 g/mol. The average Bonchev–Trinajstić information content (AvgIpc) is 2.65. The van der Waals surface area contributed by atoms with Crippen molar-refractivity contribution in [1.82, 2.24) is 10.2 Å². The predicted molar refractivity (Wildman–Crippen MR) is 104 cm³/mol. The Balaban J connectivity index is 1.85. The van der Waals surface area contributed by atoms with Gasteiger partial charge in [-0.25, -0.2) is 0 Å². The maximum absolute atomic E-state index is 4.53. The summed E-state index contributed by atoms with van der Waals surface area (Å²) in [6.07, 6.45) is 0. The first-order valence-electron chi connectivity index (χ1n) is 8.37. The third kappa shape index (κ3) is 2.96. The van der Waals surface area contributed by atoms with E-state index in [-0.39, 0.29) is 0 Å². The molecule has 0 bridgehead atoms. The van der Waals surface area contributed by atoms with Crippen molar-refractivity contribution in [2.75, 3.05) is 5.32 Å². The molecule has 25 heavy (non-hydrogen) atoms. The van der Waals surface area contributed by atoms with Crippen LogP contribution in [0.15, 0.2) is 72.8 Å². The molecular formula is C22H19N3. The lowest BCUT2D eigenvalue weighted by molar-refractivity contribution is 1.06. The molecule has 0 aliphatic rings. The number of aromatic nitrogens is 2. The highest BCUT2D eigenvalue weighted by molar-refractivity contribution is 6.00. The summed E-state index contributed by atoms with van der Waals surface area (Å²) in [5, 5.41) is 14.5. The number of hydrogen-bond acceptors (Lipinski definition) is 3. The van der Waals surface area contributed by atoms with E-state index in [0.717, 1.165) is 33.5 Å². The number of nitrogens with zero attached hydrogens (tertiary/aromatic N) is 2. The molecule has 1 N–H and O–H groups in total. The molecule has 0 atom stereocenters. The molecule has 0 saturated heterocycles. The molecule has 122 valence electrons. The van der Waals surface area contributed by atoms with Crippen LogP contribution in [0, 0.1) is 13.8 Å². The molecule has 1 aromatic heterocycles. The van der Waals surface area contributed by atoms with Gasteiger partial charge in [0, 0.05) is 22.0 Å². The number of benzene rings is 3. The topological polar surface area (TPSA) is 37.8 Å². The summed E-state index contributed by atoms with van der Waals surface area (Å²) in [6.45, 7) is 4.25. The monoisotopic (exact) mass is 325 g/mol. The van der Waals surface area contributed by atoms with Crippen molar-refractivity contribution in [2.45, 2.75) is 13.8 Å². The summed E-state index contributed by atoms with van der Waals surface area (Å²) in [5.41, 5.74) is 5.55. The molecular weight excluding hydrogens is 306 g/mol. The molecule has 0 radical (unpaired) electrons. The minimum atomic E-state index is 0.773. The second-order valence-corrected chi connectivity index (χ2v) is 6.23. The molecule has 3 nitrogen and oxygen atoms in total. The van der Waals surface area contributed by atoms with E-state index in [0.29, 0.717) is 0 Å². The van der Waals surface area contributed by atoms with Crippen LogP contribution in [0.4, 0.5) is 11.5 Å². The van der Waals surface area contributed by atoms with Crippen LogP contribution < -0.4 is 5.32 Å². The summed E-state index contributed by atoms with van der Waals surface area (Å²) >= 11 is 0. The van der Waals surface area contributed by atoms with Crippen molar-refractivity contribution < 1.29 is 0 Å². The van der Waals surface area contributed by atoms with E-state index in [1.165, 1.54) is 11.1 Å². The summed E-state index contributed by atoms with van der Waals surface area (Å²) in [4.78, 5) is 0. The summed E-state index contributed by atoms with van der Waals surface area (Å²) in [7, 11) is 0. The van der Waals surface area contributed by atoms with E-state index in [1.54, 1.807) is 0 Å². The van der Waals surface area contributed by atoms with Gasteiger partial charge in [0.25, 0.3) is 0 Å². The lowest BCUT2D eigenvalue weighted by Crippen LogP contribution is -1.99. The van der Waals surface area contributed by atoms with Gasteiger partial charge in [-0.1, -0.05) is 54.6 Å². The smallest absolute Gasteiger partial charge is 0.161 e. The van der Waals surface area contributed by atoms with E-state index in [4.69, 9.17) is 0 Å². The van der Waals surface area contributed by atoms with Gasteiger partial charge in [0.1, 0.15) is 5.69 Å². The molecule has 3 aromatic carbocycles. The minimum absolute atomic E-state index is 0.773. The largest absolute Gasteiger partial charge is 0.338 e. The third-order valence-corrected chi connectivity index (χ3v) is 4.50. The quantitative estimate of drug-likeness (QED) is 0.528. The Morgan fingerprint density at radius 3 is 2.16 bits per heavy atom. The fraction of sp³-hybridized carbons (Fsp3) is 0.0909. The molecule has 0 saturated carbocycles. The Bertz CT molecular complexity index is 1040. The number of anilines is 2. The summed E-state index contributed by atoms with van der Waals surface area (Å²) in [6, 6.07) is 24.7. The summed E-state index contributed by atoms with van der Waals surface area (Å²) in [5.74, 6) is 0.773. The maximum atomic E-state index is 4.53. The van der Waals surface area contributed by atoms with E-state index in [9.17, 15) is 0 Å². The van der Waals surface area contributed by atoms with Gasteiger partial charge in [-0.05, 0) is 43.2 Å². The fourth-order valence-electron chi connectivity index (χ4n) is 2.96. The molecule has 0 aliphatic carbocycles. The van der Waals surface area contributed by atoms with E-state index in [1.807, 2.05) is 42.5 Å². The lowest BCUT2D eigenvalue weighted by Gasteiger charge is -2.12. The van der Waals surface area contributed by atoms with Gasteiger partial charge >= 0.3 is 0 Å². The van der Waals surface area contributed by atoms with Crippen molar-refractivity contribution in [3.8, 4) is 11.3 Å². The van der Waals surface area contributed by atoms with Crippen LogP contribution in [0.3, 0.4) is 0 Å². The highest BCUT2D eigenvalue weighted by Crippen LogP contribution is 2.31. The Hall–Kier alpha value is -3.20. The Kier molecular flexibility index (Phi) is 3.90. The van der Waals surface area contributed by atoms with Gasteiger partial charge in [-0.3, -0.25) is 0 Å². The number of rotatable bonds is 3. The van der Waals surface area contributed by atoms with Gasteiger partial charge in [0.15, 0.2) is 5.82 Å². The Morgan fingerprint density at radius 1 is 0.680 bits per heavy atom. The highest BCUT2D eigenvalue weighted by atomic mass is 15.2. The van der Waals surface area contributed by atoms with Crippen LogP contribution >= 0.6 is 0 Å². The molecule has 4 rings (SSSR count). The second kappa shape index (κ2) is 6.36. The van der Waals surface area contributed by atoms with Gasteiger partial charge < -0.3 is 5.32 Å². The molecule has 0 amide bonds. The van der Waals surface area contributed by atoms with Crippen LogP contribution in [0.1, 0.15) is 11.1 Å². The number of nitrogens with one attached hydrogen (secondary N) is 1. The molecule has 3 heteroatoms. The zero-order chi connectivity index (χ0) is 17.2. The molecule has 4 aromatic rings. The maximum Gasteiger partial charge on any atom is 0.161 e. The predicted octanol–water partition coefficient (Wildman–Crippen LogP) is 5.66. The third-order valence-electron chi connectivity index (χ3n) is 4.50. The molecule has 0 spiro atoms. The van der Waals surface area contributed by atoms with Crippen LogP contribution in [-0.2, 0) is 0 Å². The van der Waals surface area contributed by atoms with Crippen molar-refractivity contribution in [1.29, 1.82) is 0 Å². The van der Waals surface area contributed by atoms with Gasteiger partial charge in [-0.15, -0.1) is 10.2 Å². The van der Waals surface area contributed by atoms with Crippen LogP contribution in [0.25, 0.3) is 22.0 Å². The van der Waals surface area contributed by atoms with Crippen molar-refractivity contribution in [2.24, 2.45) is 0 Å². The number of fused-ring (bicyclic) bond motifs is 1. The van der Waals surface area contributed by atoms with Crippen LogP contribution in [0.5, 0.6) is 0 Å².